The molecule has 1 aromatic heterocycles. The molecule has 0 aliphatic heterocycles. The van der Waals surface area contributed by atoms with Gasteiger partial charge in [0.25, 0.3) is 0 Å². The van der Waals surface area contributed by atoms with Crippen molar-refractivity contribution in [3.8, 4) is 11.6 Å². The molecule has 2 rings (SSSR count). The molecule has 16 heavy (non-hydrogen) atoms. The van der Waals surface area contributed by atoms with Crippen LogP contribution in [-0.2, 0) is 0 Å². The van der Waals surface area contributed by atoms with Crippen molar-refractivity contribution in [2.45, 2.75) is 6.92 Å². The lowest BCUT2D eigenvalue weighted by Gasteiger charge is -2.07. The molecule has 2 heteroatoms. The van der Waals surface area contributed by atoms with Crippen molar-refractivity contribution in [3.63, 3.8) is 0 Å². The minimum absolute atomic E-state index is 0.611. The van der Waals surface area contributed by atoms with E-state index in [2.05, 4.69) is 4.98 Å². The van der Waals surface area contributed by atoms with Crippen molar-refractivity contribution >= 4 is 6.08 Å². The second-order valence-electron chi connectivity index (χ2n) is 3.31. The Morgan fingerprint density at radius 1 is 1.06 bits per heavy atom. The maximum atomic E-state index is 5.70. The molecule has 0 N–H and O–H groups in total. The predicted molar refractivity (Wildman–Crippen MR) is 65.5 cm³/mol. The van der Waals surface area contributed by atoms with Gasteiger partial charge in [0.05, 0.1) is 0 Å². The monoisotopic (exact) mass is 211 g/mol. The molecule has 80 valence electrons. The maximum Gasteiger partial charge on any atom is 0.219 e. The molecule has 0 spiro atoms. The SMILES string of the molecule is CC=Cc1ccccc1Oc1ccccn1. The Balaban J connectivity index is 2.28. The lowest BCUT2D eigenvalue weighted by molar-refractivity contribution is 0.462. The summed E-state index contributed by atoms with van der Waals surface area (Å²) in [6, 6.07) is 13.5. The summed E-state index contributed by atoms with van der Waals surface area (Å²) in [4.78, 5) is 4.13. The number of ether oxygens (including phenoxy) is 1. The molecule has 0 aliphatic rings. The van der Waals surface area contributed by atoms with E-state index in [1.807, 2.05) is 61.5 Å². The minimum Gasteiger partial charge on any atom is -0.438 e. The average Bonchev–Trinajstić information content (AvgIpc) is 2.33. The Bertz CT molecular complexity index is 477. The van der Waals surface area contributed by atoms with E-state index in [-0.39, 0.29) is 0 Å². The maximum absolute atomic E-state index is 5.70. The number of pyridine rings is 1. The van der Waals surface area contributed by atoms with Crippen LogP contribution in [0.25, 0.3) is 6.08 Å². The fraction of sp³-hybridized carbons (Fsp3) is 0.0714. The largest absolute Gasteiger partial charge is 0.438 e. The Hall–Kier alpha value is -2.09. The number of rotatable bonds is 3. The average molecular weight is 211 g/mol. The fourth-order valence-corrected chi connectivity index (χ4v) is 1.41. The van der Waals surface area contributed by atoms with Gasteiger partial charge < -0.3 is 4.74 Å². The van der Waals surface area contributed by atoms with Gasteiger partial charge >= 0.3 is 0 Å². The predicted octanol–water partition coefficient (Wildman–Crippen LogP) is 3.91. The van der Waals surface area contributed by atoms with Gasteiger partial charge in [-0.1, -0.05) is 36.4 Å². The van der Waals surface area contributed by atoms with Gasteiger partial charge in [-0.2, -0.15) is 0 Å². The Labute approximate surface area is 95.2 Å². The standard InChI is InChI=1S/C14H13NO/c1-2-7-12-8-3-4-9-13(12)16-14-10-5-6-11-15-14/h2-11H,1H3. The third-order valence-electron chi connectivity index (χ3n) is 2.12. The molecule has 0 aliphatic carbocycles. The summed E-state index contributed by atoms with van der Waals surface area (Å²) >= 11 is 0. The van der Waals surface area contributed by atoms with E-state index >= 15 is 0 Å². The number of allylic oxidation sites excluding steroid dienone is 1. The van der Waals surface area contributed by atoms with Crippen LogP contribution in [0.2, 0.25) is 0 Å². The van der Waals surface area contributed by atoms with Crippen LogP contribution >= 0.6 is 0 Å². The van der Waals surface area contributed by atoms with Crippen LogP contribution in [0.15, 0.2) is 54.7 Å². The van der Waals surface area contributed by atoms with Crippen LogP contribution in [0, 0.1) is 0 Å². The van der Waals surface area contributed by atoms with Gasteiger partial charge in [-0.05, 0) is 19.1 Å². The summed E-state index contributed by atoms with van der Waals surface area (Å²) in [5, 5.41) is 0. The Morgan fingerprint density at radius 3 is 2.62 bits per heavy atom. The molecule has 0 amide bonds. The van der Waals surface area contributed by atoms with Crippen LogP contribution in [-0.4, -0.2) is 4.98 Å². The number of aromatic nitrogens is 1. The van der Waals surface area contributed by atoms with Crippen molar-refractivity contribution in [2.24, 2.45) is 0 Å². The first-order valence-corrected chi connectivity index (χ1v) is 5.21. The highest BCUT2D eigenvalue weighted by molar-refractivity contribution is 5.57. The van der Waals surface area contributed by atoms with Crippen LogP contribution in [0.5, 0.6) is 11.6 Å². The number of benzene rings is 1. The zero-order chi connectivity index (χ0) is 11.2. The molecular formula is C14H13NO. The van der Waals surface area contributed by atoms with Crippen molar-refractivity contribution in [1.82, 2.24) is 4.98 Å². The lowest BCUT2D eigenvalue weighted by atomic mass is 10.2. The summed E-state index contributed by atoms with van der Waals surface area (Å²) in [6.45, 7) is 1.98. The third-order valence-corrected chi connectivity index (χ3v) is 2.12. The van der Waals surface area contributed by atoms with Crippen LogP contribution < -0.4 is 4.74 Å². The van der Waals surface area contributed by atoms with Gasteiger partial charge in [0.1, 0.15) is 5.75 Å². The summed E-state index contributed by atoms with van der Waals surface area (Å²) in [5.74, 6) is 1.43. The summed E-state index contributed by atoms with van der Waals surface area (Å²) in [5.41, 5.74) is 1.05. The molecule has 1 aromatic carbocycles. The zero-order valence-electron chi connectivity index (χ0n) is 9.13. The van der Waals surface area contributed by atoms with Gasteiger partial charge in [0.15, 0.2) is 0 Å². The van der Waals surface area contributed by atoms with Crippen LogP contribution in [0.1, 0.15) is 12.5 Å². The molecule has 0 fully saturated rings. The molecule has 0 saturated carbocycles. The zero-order valence-corrected chi connectivity index (χ0v) is 9.13. The minimum atomic E-state index is 0.611. The van der Waals surface area contributed by atoms with E-state index in [9.17, 15) is 0 Å². The van der Waals surface area contributed by atoms with Gasteiger partial charge in [-0.3, -0.25) is 0 Å². The van der Waals surface area contributed by atoms with Crippen molar-refractivity contribution < 1.29 is 4.74 Å². The first-order valence-electron chi connectivity index (χ1n) is 5.21. The van der Waals surface area contributed by atoms with Crippen LogP contribution in [0.4, 0.5) is 0 Å². The lowest BCUT2D eigenvalue weighted by Crippen LogP contribution is -1.88. The van der Waals surface area contributed by atoms with Gasteiger partial charge in [-0.25, -0.2) is 4.98 Å². The first kappa shape index (κ1) is 10.4. The Kier molecular flexibility index (Phi) is 3.34. The van der Waals surface area contributed by atoms with E-state index in [1.165, 1.54) is 0 Å². The molecule has 0 radical (unpaired) electrons. The normalized spacial score (nSPS) is 10.6. The summed E-state index contributed by atoms with van der Waals surface area (Å²) in [6.07, 6.45) is 5.71. The first-order chi connectivity index (χ1) is 7.90. The highest BCUT2D eigenvalue weighted by Gasteiger charge is 2.01. The third kappa shape index (κ3) is 2.48. The molecule has 0 saturated heterocycles. The second kappa shape index (κ2) is 5.12. The van der Waals surface area contributed by atoms with Gasteiger partial charge in [0.2, 0.25) is 5.88 Å². The van der Waals surface area contributed by atoms with Crippen molar-refractivity contribution in [2.75, 3.05) is 0 Å². The Morgan fingerprint density at radius 2 is 1.88 bits per heavy atom. The molecular weight excluding hydrogens is 198 g/mol. The van der Waals surface area contributed by atoms with Gasteiger partial charge in [0, 0.05) is 17.8 Å². The quantitative estimate of drug-likeness (QED) is 0.768. The number of hydrogen-bond donors (Lipinski definition) is 0. The number of para-hydroxylation sites is 1. The number of hydrogen-bond acceptors (Lipinski definition) is 2. The van der Waals surface area contributed by atoms with Crippen molar-refractivity contribution in [1.29, 1.82) is 0 Å². The topological polar surface area (TPSA) is 22.1 Å². The van der Waals surface area contributed by atoms with Crippen molar-refractivity contribution in [3.05, 3.63) is 60.3 Å². The molecule has 2 nitrogen and oxygen atoms in total. The highest BCUT2D eigenvalue weighted by Crippen LogP contribution is 2.24. The summed E-state index contributed by atoms with van der Waals surface area (Å²) < 4.78 is 5.70. The molecule has 0 atom stereocenters. The van der Waals surface area contributed by atoms with E-state index in [4.69, 9.17) is 4.74 Å². The number of nitrogens with zero attached hydrogens (tertiary/aromatic N) is 1. The van der Waals surface area contributed by atoms with Gasteiger partial charge in [-0.15, -0.1) is 0 Å². The smallest absolute Gasteiger partial charge is 0.219 e. The summed E-state index contributed by atoms with van der Waals surface area (Å²) in [7, 11) is 0. The molecule has 1 heterocycles. The molecule has 2 aromatic rings. The van der Waals surface area contributed by atoms with E-state index in [0.717, 1.165) is 11.3 Å². The molecule has 0 unspecified atom stereocenters. The fourth-order valence-electron chi connectivity index (χ4n) is 1.41. The van der Waals surface area contributed by atoms with E-state index < -0.39 is 0 Å². The molecule has 0 bridgehead atoms. The second-order valence-corrected chi connectivity index (χ2v) is 3.31. The van der Waals surface area contributed by atoms with E-state index in [0.29, 0.717) is 5.88 Å². The van der Waals surface area contributed by atoms with E-state index in [1.54, 1.807) is 6.20 Å². The highest BCUT2D eigenvalue weighted by atomic mass is 16.5. The van der Waals surface area contributed by atoms with Crippen LogP contribution in [0.3, 0.4) is 0 Å².